The van der Waals surface area contributed by atoms with Gasteiger partial charge in [0.25, 0.3) is 0 Å². The zero-order chi connectivity index (χ0) is 16.7. The van der Waals surface area contributed by atoms with E-state index in [0.29, 0.717) is 6.42 Å². The third kappa shape index (κ3) is 2.54. The van der Waals surface area contributed by atoms with Gasteiger partial charge in [0, 0.05) is 37.2 Å². The lowest BCUT2D eigenvalue weighted by Gasteiger charge is -2.25. The van der Waals surface area contributed by atoms with Crippen molar-refractivity contribution in [2.24, 2.45) is 5.41 Å². The van der Waals surface area contributed by atoms with Gasteiger partial charge in [-0.3, -0.25) is 4.79 Å². The monoisotopic (exact) mass is 322 g/mol. The van der Waals surface area contributed by atoms with Crippen LogP contribution in [0.15, 0.2) is 36.4 Å². The van der Waals surface area contributed by atoms with Crippen LogP contribution in [0, 0.1) is 19.3 Å². The Bertz CT molecular complexity index is 773. The SMILES string of the molecule is Cc1ccc(N2CCC3(CC(=O)N(c4ccccc4C)C3)C2)nn1. The Morgan fingerprint density at radius 3 is 2.62 bits per heavy atom. The number of anilines is 2. The highest BCUT2D eigenvalue weighted by molar-refractivity contribution is 5.97. The first kappa shape index (κ1) is 15.1. The minimum atomic E-state index is 0.0337. The van der Waals surface area contributed by atoms with Crippen LogP contribution < -0.4 is 9.80 Å². The van der Waals surface area contributed by atoms with Crippen LogP contribution in [0.4, 0.5) is 11.5 Å². The van der Waals surface area contributed by atoms with E-state index in [1.807, 2.05) is 42.2 Å². The van der Waals surface area contributed by atoms with E-state index in [9.17, 15) is 4.79 Å². The first-order valence-electron chi connectivity index (χ1n) is 8.48. The third-order valence-electron chi connectivity index (χ3n) is 5.27. The van der Waals surface area contributed by atoms with Crippen LogP contribution in [-0.4, -0.2) is 35.7 Å². The number of carbonyl (C=O) groups excluding carboxylic acids is 1. The summed E-state index contributed by atoms with van der Waals surface area (Å²) in [4.78, 5) is 16.9. The average Bonchev–Trinajstić information content (AvgIpc) is 3.12. The number of hydrogen-bond donors (Lipinski definition) is 0. The van der Waals surface area contributed by atoms with E-state index in [1.165, 1.54) is 0 Å². The number of nitrogens with zero attached hydrogens (tertiary/aromatic N) is 4. The molecule has 2 aliphatic heterocycles. The number of hydrogen-bond acceptors (Lipinski definition) is 4. The number of benzene rings is 1. The van der Waals surface area contributed by atoms with Crippen molar-refractivity contribution in [3.8, 4) is 0 Å². The van der Waals surface area contributed by atoms with E-state index in [4.69, 9.17) is 0 Å². The molecule has 0 bridgehead atoms. The van der Waals surface area contributed by atoms with Gasteiger partial charge in [-0.05, 0) is 44.0 Å². The van der Waals surface area contributed by atoms with Crippen LogP contribution in [0.1, 0.15) is 24.1 Å². The summed E-state index contributed by atoms with van der Waals surface area (Å²) in [5.74, 6) is 1.15. The molecule has 0 aliphatic carbocycles. The van der Waals surface area contributed by atoms with E-state index in [-0.39, 0.29) is 11.3 Å². The van der Waals surface area contributed by atoms with Crippen LogP contribution in [0.2, 0.25) is 0 Å². The Balaban J connectivity index is 1.54. The molecule has 1 amide bonds. The average molecular weight is 322 g/mol. The molecule has 4 rings (SSSR count). The first-order valence-corrected chi connectivity index (χ1v) is 8.48. The van der Waals surface area contributed by atoms with Crippen molar-refractivity contribution in [3.05, 3.63) is 47.7 Å². The summed E-state index contributed by atoms with van der Waals surface area (Å²) in [5.41, 5.74) is 3.16. The van der Waals surface area contributed by atoms with E-state index >= 15 is 0 Å². The second kappa shape index (κ2) is 5.58. The molecule has 5 nitrogen and oxygen atoms in total. The predicted octanol–water partition coefficient (Wildman–Crippen LogP) is 2.73. The zero-order valence-corrected chi connectivity index (χ0v) is 14.2. The Morgan fingerprint density at radius 2 is 1.88 bits per heavy atom. The first-order chi connectivity index (χ1) is 11.6. The Hall–Kier alpha value is -2.43. The number of amides is 1. The molecule has 1 spiro atoms. The van der Waals surface area contributed by atoms with Crippen LogP contribution in [0.5, 0.6) is 0 Å². The highest BCUT2D eigenvalue weighted by Crippen LogP contribution is 2.43. The number of carbonyl (C=O) groups is 1. The third-order valence-corrected chi connectivity index (χ3v) is 5.27. The summed E-state index contributed by atoms with van der Waals surface area (Å²) in [5, 5.41) is 8.46. The maximum atomic E-state index is 12.7. The summed E-state index contributed by atoms with van der Waals surface area (Å²) in [6, 6.07) is 12.1. The van der Waals surface area contributed by atoms with Crippen molar-refractivity contribution in [1.29, 1.82) is 0 Å². The Labute approximate surface area is 142 Å². The standard InChI is InChI=1S/C19H22N4O/c1-14-5-3-4-6-16(14)23-13-19(11-18(23)24)9-10-22(12-19)17-8-7-15(2)20-21-17/h3-8H,9-13H2,1-2H3. The lowest BCUT2D eigenvalue weighted by molar-refractivity contribution is -0.117. The van der Waals surface area contributed by atoms with Gasteiger partial charge < -0.3 is 9.80 Å². The van der Waals surface area contributed by atoms with Gasteiger partial charge in [-0.15, -0.1) is 5.10 Å². The molecule has 1 unspecified atom stereocenters. The summed E-state index contributed by atoms with van der Waals surface area (Å²) in [6.45, 7) is 6.62. The molecule has 2 saturated heterocycles. The molecule has 1 aromatic heterocycles. The van der Waals surface area contributed by atoms with Crippen molar-refractivity contribution in [3.63, 3.8) is 0 Å². The Kier molecular flexibility index (Phi) is 3.52. The number of para-hydroxylation sites is 1. The molecule has 2 aliphatic rings. The molecule has 0 radical (unpaired) electrons. The summed E-state index contributed by atoms with van der Waals surface area (Å²) in [6.07, 6.45) is 1.65. The second-order valence-corrected chi connectivity index (χ2v) is 7.15. The van der Waals surface area contributed by atoms with Gasteiger partial charge in [-0.25, -0.2) is 0 Å². The van der Waals surface area contributed by atoms with Gasteiger partial charge >= 0.3 is 0 Å². The molecule has 2 fully saturated rings. The van der Waals surface area contributed by atoms with Gasteiger partial charge in [0.2, 0.25) is 5.91 Å². The molecular formula is C19H22N4O. The van der Waals surface area contributed by atoms with E-state index in [2.05, 4.69) is 28.1 Å². The lowest BCUT2D eigenvalue weighted by atomic mass is 9.86. The van der Waals surface area contributed by atoms with E-state index in [0.717, 1.165) is 48.8 Å². The second-order valence-electron chi connectivity index (χ2n) is 7.15. The fraction of sp³-hybridized carbons (Fsp3) is 0.421. The molecule has 0 saturated carbocycles. The van der Waals surface area contributed by atoms with Crippen molar-refractivity contribution in [2.45, 2.75) is 26.7 Å². The summed E-state index contributed by atoms with van der Waals surface area (Å²) in [7, 11) is 0. The highest BCUT2D eigenvalue weighted by atomic mass is 16.2. The van der Waals surface area contributed by atoms with Gasteiger partial charge in [0.1, 0.15) is 0 Å². The fourth-order valence-corrected chi connectivity index (χ4v) is 3.95. The number of aryl methyl sites for hydroxylation is 2. The molecule has 24 heavy (non-hydrogen) atoms. The smallest absolute Gasteiger partial charge is 0.227 e. The van der Waals surface area contributed by atoms with Crippen LogP contribution in [-0.2, 0) is 4.79 Å². The number of rotatable bonds is 2. The molecule has 124 valence electrons. The molecule has 5 heteroatoms. The van der Waals surface area contributed by atoms with Crippen molar-refractivity contribution >= 4 is 17.4 Å². The summed E-state index contributed by atoms with van der Waals surface area (Å²) >= 11 is 0. The van der Waals surface area contributed by atoms with Crippen molar-refractivity contribution in [2.75, 3.05) is 29.4 Å². The van der Waals surface area contributed by atoms with Crippen LogP contribution >= 0.6 is 0 Å². The number of aromatic nitrogens is 2. The molecule has 2 aromatic rings. The predicted molar refractivity (Wildman–Crippen MR) is 94.2 cm³/mol. The van der Waals surface area contributed by atoms with Gasteiger partial charge in [-0.2, -0.15) is 5.10 Å². The minimum Gasteiger partial charge on any atom is -0.354 e. The molecule has 3 heterocycles. The fourth-order valence-electron chi connectivity index (χ4n) is 3.95. The van der Waals surface area contributed by atoms with Gasteiger partial charge in [-0.1, -0.05) is 18.2 Å². The molecule has 0 N–H and O–H groups in total. The van der Waals surface area contributed by atoms with E-state index in [1.54, 1.807) is 0 Å². The van der Waals surface area contributed by atoms with Gasteiger partial charge in [0.05, 0.1) is 5.69 Å². The largest absolute Gasteiger partial charge is 0.354 e. The Morgan fingerprint density at radius 1 is 1.04 bits per heavy atom. The topological polar surface area (TPSA) is 49.3 Å². The molecule has 1 atom stereocenters. The maximum Gasteiger partial charge on any atom is 0.227 e. The van der Waals surface area contributed by atoms with E-state index < -0.39 is 0 Å². The van der Waals surface area contributed by atoms with Crippen molar-refractivity contribution < 1.29 is 4.79 Å². The van der Waals surface area contributed by atoms with Crippen LogP contribution in [0.3, 0.4) is 0 Å². The van der Waals surface area contributed by atoms with Crippen LogP contribution in [0.25, 0.3) is 0 Å². The van der Waals surface area contributed by atoms with Crippen molar-refractivity contribution in [1.82, 2.24) is 10.2 Å². The molecular weight excluding hydrogens is 300 g/mol. The highest BCUT2D eigenvalue weighted by Gasteiger charge is 2.48. The quantitative estimate of drug-likeness (QED) is 0.853. The normalized spacial score (nSPS) is 23.5. The maximum absolute atomic E-state index is 12.7. The zero-order valence-electron chi connectivity index (χ0n) is 14.2. The minimum absolute atomic E-state index is 0.0337. The summed E-state index contributed by atoms with van der Waals surface area (Å²) < 4.78 is 0. The molecule has 1 aromatic carbocycles. The lowest BCUT2D eigenvalue weighted by Crippen LogP contribution is -2.32. The van der Waals surface area contributed by atoms with Gasteiger partial charge in [0.15, 0.2) is 5.82 Å².